The van der Waals surface area contributed by atoms with E-state index in [1.54, 1.807) is 7.11 Å². The van der Waals surface area contributed by atoms with Gasteiger partial charge in [-0.15, -0.1) is 0 Å². The Morgan fingerprint density at radius 2 is 2.25 bits per heavy atom. The summed E-state index contributed by atoms with van der Waals surface area (Å²) in [7, 11) is 1.62. The van der Waals surface area contributed by atoms with E-state index in [1.165, 1.54) is 0 Å². The number of hydrogen-bond donors (Lipinski definition) is 2. The summed E-state index contributed by atoms with van der Waals surface area (Å²) in [6, 6.07) is 5.67. The van der Waals surface area contributed by atoms with Crippen LogP contribution in [-0.2, 0) is 6.54 Å². The van der Waals surface area contributed by atoms with E-state index in [9.17, 15) is 0 Å². The molecule has 2 N–H and O–H groups in total. The molecule has 0 spiro atoms. The first kappa shape index (κ1) is 13.3. The quantitative estimate of drug-likeness (QED) is 0.805. The van der Waals surface area contributed by atoms with E-state index in [4.69, 9.17) is 21.4 Å². The second kappa shape index (κ2) is 6.74. The molecule has 0 aromatic heterocycles. The minimum absolute atomic E-state index is 0.0981. The van der Waals surface area contributed by atoms with Crippen molar-refractivity contribution in [2.75, 3.05) is 13.7 Å². The summed E-state index contributed by atoms with van der Waals surface area (Å²) in [6.07, 6.45) is 0.878. The van der Waals surface area contributed by atoms with Crippen molar-refractivity contribution >= 4 is 11.6 Å². The summed E-state index contributed by atoms with van der Waals surface area (Å²) in [6.45, 7) is 2.75. The Balaban J connectivity index is 2.72. The highest BCUT2D eigenvalue weighted by Gasteiger charge is 2.09. The molecule has 0 saturated heterocycles. The van der Waals surface area contributed by atoms with Gasteiger partial charge in [0.15, 0.2) is 0 Å². The number of methoxy groups -OCH3 is 1. The second-order valence-corrected chi connectivity index (χ2v) is 4.00. The number of aliphatic hydroxyl groups is 1. The third-order valence-corrected chi connectivity index (χ3v) is 2.93. The van der Waals surface area contributed by atoms with Crippen LogP contribution in [0.15, 0.2) is 18.2 Å². The first-order valence-electron chi connectivity index (χ1n) is 5.38. The van der Waals surface area contributed by atoms with Crippen LogP contribution < -0.4 is 10.1 Å². The van der Waals surface area contributed by atoms with Crippen molar-refractivity contribution in [3.05, 3.63) is 28.8 Å². The van der Waals surface area contributed by atoms with Gasteiger partial charge in [0.2, 0.25) is 0 Å². The average Bonchev–Trinajstić information content (AvgIpc) is 2.31. The Bertz CT molecular complexity index is 327. The molecule has 16 heavy (non-hydrogen) atoms. The van der Waals surface area contributed by atoms with Crippen molar-refractivity contribution < 1.29 is 9.84 Å². The predicted molar refractivity (Wildman–Crippen MR) is 66.0 cm³/mol. The van der Waals surface area contributed by atoms with Gasteiger partial charge in [-0.3, -0.25) is 0 Å². The van der Waals surface area contributed by atoms with Crippen LogP contribution in [0.5, 0.6) is 5.75 Å². The molecular weight excluding hydrogens is 226 g/mol. The number of halogens is 1. The molecule has 0 unspecified atom stereocenters. The van der Waals surface area contributed by atoms with Crippen LogP contribution in [0.3, 0.4) is 0 Å². The van der Waals surface area contributed by atoms with Crippen LogP contribution >= 0.6 is 11.6 Å². The maximum absolute atomic E-state index is 9.07. The molecule has 1 aromatic carbocycles. The van der Waals surface area contributed by atoms with Crippen molar-refractivity contribution in [3.8, 4) is 5.75 Å². The lowest BCUT2D eigenvalue weighted by Gasteiger charge is -2.16. The SMILES string of the molecule is CC[C@@H](CO)NCc1c(Cl)cccc1OC. The molecule has 0 bridgehead atoms. The fraction of sp³-hybridized carbons (Fsp3) is 0.500. The molecule has 0 radical (unpaired) electrons. The molecule has 0 aliphatic carbocycles. The van der Waals surface area contributed by atoms with Crippen molar-refractivity contribution in [1.29, 1.82) is 0 Å². The first-order chi connectivity index (χ1) is 7.72. The second-order valence-electron chi connectivity index (χ2n) is 3.59. The maximum atomic E-state index is 9.07. The predicted octanol–water partition coefficient (Wildman–Crippen LogP) is 2.21. The van der Waals surface area contributed by atoms with Crippen molar-refractivity contribution in [3.63, 3.8) is 0 Å². The highest BCUT2D eigenvalue weighted by Crippen LogP contribution is 2.25. The summed E-state index contributed by atoms with van der Waals surface area (Å²) < 4.78 is 5.24. The fourth-order valence-corrected chi connectivity index (χ4v) is 1.72. The average molecular weight is 244 g/mol. The van der Waals surface area contributed by atoms with Crippen molar-refractivity contribution in [1.82, 2.24) is 5.32 Å². The monoisotopic (exact) mass is 243 g/mol. The Labute approximate surface area is 101 Å². The molecule has 1 atom stereocenters. The van der Waals surface area contributed by atoms with E-state index in [2.05, 4.69) is 5.32 Å². The van der Waals surface area contributed by atoms with E-state index >= 15 is 0 Å². The van der Waals surface area contributed by atoms with E-state index in [0.29, 0.717) is 11.6 Å². The topological polar surface area (TPSA) is 41.5 Å². The fourth-order valence-electron chi connectivity index (χ4n) is 1.49. The molecule has 1 aromatic rings. The molecule has 0 fully saturated rings. The van der Waals surface area contributed by atoms with Gasteiger partial charge in [-0.2, -0.15) is 0 Å². The molecule has 1 rings (SSSR count). The standard InChI is InChI=1S/C12H18ClNO2/c1-3-9(8-15)14-7-10-11(13)5-4-6-12(10)16-2/h4-6,9,14-15H,3,7-8H2,1-2H3/t9-/m0/s1. The zero-order valence-corrected chi connectivity index (χ0v) is 10.4. The largest absolute Gasteiger partial charge is 0.496 e. The van der Waals surface area contributed by atoms with Gasteiger partial charge in [-0.1, -0.05) is 24.6 Å². The highest BCUT2D eigenvalue weighted by atomic mass is 35.5. The Kier molecular flexibility index (Phi) is 5.60. The third-order valence-electron chi connectivity index (χ3n) is 2.58. The number of rotatable bonds is 6. The number of ether oxygens (including phenoxy) is 1. The van der Waals surface area contributed by atoms with Gasteiger partial charge in [0, 0.05) is 23.2 Å². The van der Waals surface area contributed by atoms with Gasteiger partial charge >= 0.3 is 0 Å². The Hall–Kier alpha value is -0.770. The summed E-state index contributed by atoms with van der Waals surface area (Å²) in [5, 5.41) is 13.0. The van der Waals surface area contributed by atoms with Crippen molar-refractivity contribution in [2.24, 2.45) is 0 Å². The number of nitrogens with one attached hydrogen (secondary N) is 1. The van der Waals surface area contributed by atoms with Crippen LogP contribution in [0.1, 0.15) is 18.9 Å². The molecule has 0 aliphatic heterocycles. The molecule has 0 aliphatic rings. The summed E-state index contributed by atoms with van der Waals surface area (Å²) >= 11 is 6.10. The molecule has 0 saturated carbocycles. The van der Waals surface area contributed by atoms with Crippen LogP contribution in [-0.4, -0.2) is 24.9 Å². The highest BCUT2D eigenvalue weighted by molar-refractivity contribution is 6.31. The summed E-state index contributed by atoms with van der Waals surface area (Å²) in [5.74, 6) is 0.771. The van der Waals surface area contributed by atoms with Gasteiger partial charge in [0.1, 0.15) is 5.75 Å². The molecule has 4 heteroatoms. The molecule has 0 amide bonds. The molecular formula is C12H18ClNO2. The van der Waals surface area contributed by atoms with E-state index < -0.39 is 0 Å². The van der Waals surface area contributed by atoms with E-state index in [-0.39, 0.29) is 12.6 Å². The summed E-state index contributed by atoms with van der Waals surface area (Å²) in [5.41, 5.74) is 0.929. The minimum atomic E-state index is 0.0981. The lowest BCUT2D eigenvalue weighted by molar-refractivity contribution is 0.238. The Morgan fingerprint density at radius 3 is 2.81 bits per heavy atom. The number of benzene rings is 1. The van der Waals surface area contributed by atoms with Crippen molar-refractivity contribution in [2.45, 2.75) is 25.9 Å². The van der Waals surface area contributed by atoms with Gasteiger partial charge in [0.05, 0.1) is 13.7 Å². The first-order valence-corrected chi connectivity index (χ1v) is 5.76. The van der Waals surface area contributed by atoms with Crippen LogP contribution in [0, 0.1) is 0 Å². The lowest BCUT2D eigenvalue weighted by Crippen LogP contribution is -2.31. The van der Waals surface area contributed by atoms with Gasteiger partial charge in [-0.25, -0.2) is 0 Å². The van der Waals surface area contributed by atoms with Crippen LogP contribution in [0.25, 0.3) is 0 Å². The molecule has 0 heterocycles. The molecule has 90 valence electrons. The smallest absolute Gasteiger partial charge is 0.124 e. The normalized spacial score (nSPS) is 12.5. The van der Waals surface area contributed by atoms with Gasteiger partial charge in [0.25, 0.3) is 0 Å². The lowest BCUT2D eigenvalue weighted by atomic mass is 10.1. The van der Waals surface area contributed by atoms with Crippen LogP contribution in [0.4, 0.5) is 0 Å². The van der Waals surface area contributed by atoms with Gasteiger partial charge < -0.3 is 15.2 Å². The Morgan fingerprint density at radius 1 is 1.50 bits per heavy atom. The zero-order chi connectivity index (χ0) is 12.0. The maximum Gasteiger partial charge on any atom is 0.124 e. The minimum Gasteiger partial charge on any atom is -0.496 e. The number of hydrogen-bond acceptors (Lipinski definition) is 3. The number of aliphatic hydroxyl groups excluding tert-OH is 1. The zero-order valence-electron chi connectivity index (χ0n) is 9.66. The molecule has 3 nitrogen and oxygen atoms in total. The summed E-state index contributed by atoms with van der Waals surface area (Å²) in [4.78, 5) is 0. The van der Waals surface area contributed by atoms with Crippen LogP contribution in [0.2, 0.25) is 5.02 Å². The van der Waals surface area contributed by atoms with Gasteiger partial charge in [-0.05, 0) is 18.6 Å². The van der Waals surface area contributed by atoms with E-state index in [0.717, 1.165) is 17.7 Å². The third kappa shape index (κ3) is 3.37. The van der Waals surface area contributed by atoms with E-state index in [1.807, 2.05) is 25.1 Å².